The minimum atomic E-state index is -0.347. The molecule has 0 radical (unpaired) electrons. The Bertz CT molecular complexity index is 572. The molecule has 0 saturated carbocycles. The van der Waals surface area contributed by atoms with E-state index in [1.807, 2.05) is 18.2 Å². The van der Waals surface area contributed by atoms with Gasteiger partial charge in [-0.3, -0.25) is 10.2 Å². The lowest BCUT2D eigenvalue weighted by Crippen LogP contribution is -2.30. The standard InChI is InChI=1S/C13H12ClN3O/c14-9-4-3-5-10(8-9)16-12-7-2-1-6-11(12)13(18)17-15/h1-8,16H,15H2,(H,17,18). The first kappa shape index (κ1) is 12.4. The van der Waals surface area contributed by atoms with E-state index in [1.165, 1.54) is 0 Å². The maximum Gasteiger partial charge on any atom is 0.267 e. The number of nitrogens with two attached hydrogens (primary N) is 1. The summed E-state index contributed by atoms with van der Waals surface area (Å²) in [5.41, 5.74) is 4.06. The summed E-state index contributed by atoms with van der Waals surface area (Å²) in [6.07, 6.45) is 0. The smallest absolute Gasteiger partial charge is 0.267 e. The predicted octanol–water partition coefficient (Wildman–Crippen LogP) is 2.69. The number of para-hydroxylation sites is 1. The number of nitrogens with one attached hydrogen (secondary N) is 2. The highest BCUT2D eigenvalue weighted by atomic mass is 35.5. The van der Waals surface area contributed by atoms with Crippen LogP contribution >= 0.6 is 11.6 Å². The molecule has 1 amide bonds. The Morgan fingerprint density at radius 1 is 1.11 bits per heavy atom. The summed E-state index contributed by atoms with van der Waals surface area (Å²) >= 11 is 5.90. The second-order valence-electron chi connectivity index (χ2n) is 3.65. The average molecular weight is 262 g/mol. The number of anilines is 2. The molecule has 0 aliphatic rings. The lowest BCUT2D eigenvalue weighted by Gasteiger charge is -2.11. The van der Waals surface area contributed by atoms with Gasteiger partial charge in [0.05, 0.1) is 11.3 Å². The molecule has 0 unspecified atom stereocenters. The summed E-state index contributed by atoms with van der Waals surface area (Å²) in [5.74, 6) is 4.79. The van der Waals surface area contributed by atoms with E-state index in [9.17, 15) is 4.79 Å². The lowest BCUT2D eigenvalue weighted by atomic mass is 10.1. The van der Waals surface area contributed by atoms with Gasteiger partial charge in [-0.1, -0.05) is 29.8 Å². The molecule has 0 saturated heterocycles. The van der Waals surface area contributed by atoms with Crippen LogP contribution in [0.1, 0.15) is 10.4 Å². The number of rotatable bonds is 3. The highest BCUT2D eigenvalue weighted by molar-refractivity contribution is 6.30. The van der Waals surface area contributed by atoms with E-state index < -0.39 is 0 Å². The van der Waals surface area contributed by atoms with Gasteiger partial charge >= 0.3 is 0 Å². The molecule has 18 heavy (non-hydrogen) atoms. The van der Waals surface area contributed by atoms with Crippen LogP contribution in [-0.2, 0) is 0 Å². The van der Waals surface area contributed by atoms with Gasteiger partial charge < -0.3 is 5.32 Å². The maximum atomic E-state index is 11.6. The first-order valence-electron chi connectivity index (χ1n) is 5.33. The van der Waals surface area contributed by atoms with Gasteiger partial charge in [0.15, 0.2) is 0 Å². The van der Waals surface area contributed by atoms with Crippen LogP contribution in [0.2, 0.25) is 5.02 Å². The minimum absolute atomic E-state index is 0.347. The molecule has 0 heterocycles. The third kappa shape index (κ3) is 2.80. The highest BCUT2D eigenvalue weighted by Gasteiger charge is 2.09. The Labute approximate surface area is 110 Å². The van der Waals surface area contributed by atoms with E-state index in [1.54, 1.807) is 30.3 Å². The molecule has 5 heteroatoms. The third-order valence-electron chi connectivity index (χ3n) is 2.41. The number of hydrogen-bond acceptors (Lipinski definition) is 3. The number of carbonyl (C=O) groups excluding carboxylic acids is 1. The fourth-order valence-electron chi connectivity index (χ4n) is 1.59. The number of halogens is 1. The van der Waals surface area contributed by atoms with Crippen molar-refractivity contribution in [3.63, 3.8) is 0 Å². The Balaban J connectivity index is 2.32. The zero-order chi connectivity index (χ0) is 13.0. The molecule has 0 atom stereocenters. The van der Waals surface area contributed by atoms with Crippen molar-refractivity contribution in [1.82, 2.24) is 5.43 Å². The topological polar surface area (TPSA) is 67.1 Å². The molecule has 2 aromatic rings. The van der Waals surface area contributed by atoms with Gasteiger partial charge in [-0.15, -0.1) is 0 Å². The Morgan fingerprint density at radius 2 is 1.89 bits per heavy atom. The largest absolute Gasteiger partial charge is 0.355 e. The predicted molar refractivity (Wildman–Crippen MR) is 72.8 cm³/mol. The molecule has 2 aromatic carbocycles. The Hall–Kier alpha value is -2.04. The van der Waals surface area contributed by atoms with Crippen molar-refractivity contribution in [2.75, 3.05) is 5.32 Å². The number of nitrogen functional groups attached to an aromatic ring is 1. The molecule has 0 aliphatic carbocycles. The molecule has 0 aromatic heterocycles. The third-order valence-corrected chi connectivity index (χ3v) is 2.64. The molecule has 4 nitrogen and oxygen atoms in total. The van der Waals surface area contributed by atoms with E-state index in [-0.39, 0.29) is 5.91 Å². The molecule has 0 aliphatic heterocycles. The van der Waals surface area contributed by atoms with Crippen LogP contribution in [-0.4, -0.2) is 5.91 Å². The molecule has 92 valence electrons. The van der Waals surface area contributed by atoms with Gasteiger partial charge in [0.25, 0.3) is 5.91 Å². The fraction of sp³-hybridized carbons (Fsp3) is 0. The number of hydrogen-bond donors (Lipinski definition) is 3. The molecular weight excluding hydrogens is 250 g/mol. The van der Waals surface area contributed by atoms with Crippen molar-refractivity contribution in [2.45, 2.75) is 0 Å². The normalized spacial score (nSPS) is 9.89. The Morgan fingerprint density at radius 3 is 2.61 bits per heavy atom. The van der Waals surface area contributed by atoms with E-state index >= 15 is 0 Å². The highest BCUT2D eigenvalue weighted by Crippen LogP contribution is 2.22. The summed E-state index contributed by atoms with van der Waals surface area (Å²) < 4.78 is 0. The van der Waals surface area contributed by atoms with Crippen LogP contribution in [0.25, 0.3) is 0 Å². The SMILES string of the molecule is NNC(=O)c1ccccc1Nc1cccc(Cl)c1. The summed E-state index contributed by atoms with van der Waals surface area (Å²) in [5, 5.41) is 3.75. The van der Waals surface area contributed by atoms with Crippen LogP contribution in [0.4, 0.5) is 11.4 Å². The van der Waals surface area contributed by atoms with Gasteiger partial charge in [0.2, 0.25) is 0 Å². The molecule has 0 bridgehead atoms. The zero-order valence-electron chi connectivity index (χ0n) is 9.48. The first-order chi connectivity index (χ1) is 8.70. The van der Waals surface area contributed by atoms with Crippen molar-refractivity contribution in [3.05, 3.63) is 59.1 Å². The van der Waals surface area contributed by atoms with Gasteiger partial charge in [0, 0.05) is 10.7 Å². The van der Waals surface area contributed by atoms with Gasteiger partial charge in [-0.05, 0) is 30.3 Å². The van der Waals surface area contributed by atoms with Crippen molar-refractivity contribution >= 4 is 28.9 Å². The van der Waals surface area contributed by atoms with Crippen molar-refractivity contribution in [1.29, 1.82) is 0 Å². The number of amides is 1. The quantitative estimate of drug-likeness (QED) is 0.452. The molecule has 0 spiro atoms. The summed E-state index contributed by atoms with van der Waals surface area (Å²) in [7, 11) is 0. The van der Waals surface area contributed by atoms with Gasteiger partial charge in [-0.25, -0.2) is 5.84 Å². The van der Waals surface area contributed by atoms with Crippen molar-refractivity contribution in [3.8, 4) is 0 Å². The van der Waals surface area contributed by atoms with Gasteiger partial charge in [-0.2, -0.15) is 0 Å². The van der Waals surface area contributed by atoms with Crippen molar-refractivity contribution in [2.24, 2.45) is 5.84 Å². The number of benzene rings is 2. The van der Waals surface area contributed by atoms with Crippen LogP contribution in [0.3, 0.4) is 0 Å². The Kier molecular flexibility index (Phi) is 3.82. The van der Waals surface area contributed by atoms with Crippen LogP contribution in [0, 0.1) is 0 Å². The van der Waals surface area contributed by atoms with E-state index in [2.05, 4.69) is 10.7 Å². The summed E-state index contributed by atoms with van der Waals surface area (Å²) in [6.45, 7) is 0. The van der Waals surface area contributed by atoms with Crippen LogP contribution < -0.4 is 16.6 Å². The molecule has 2 rings (SSSR count). The second-order valence-corrected chi connectivity index (χ2v) is 4.09. The fourth-order valence-corrected chi connectivity index (χ4v) is 1.78. The maximum absolute atomic E-state index is 11.6. The average Bonchev–Trinajstić information content (AvgIpc) is 2.38. The lowest BCUT2D eigenvalue weighted by molar-refractivity contribution is 0.0954. The monoisotopic (exact) mass is 261 g/mol. The zero-order valence-corrected chi connectivity index (χ0v) is 10.2. The van der Waals surface area contributed by atoms with Gasteiger partial charge in [0.1, 0.15) is 0 Å². The minimum Gasteiger partial charge on any atom is -0.355 e. The summed E-state index contributed by atoms with van der Waals surface area (Å²) in [6, 6.07) is 14.3. The molecule has 4 N–H and O–H groups in total. The molecular formula is C13H12ClN3O. The first-order valence-corrected chi connectivity index (χ1v) is 5.71. The van der Waals surface area contributed by atoms with E-state index in [0.717, 1.165) is 5.69 Å². The number of hydrazine groups is 1. The van der Waals surface area contributed by atoms with E-state index in [0.29, 0.717) is 16.3 Å². The molecule has 0 fully saturated rings. The second kappa shape index (κ2) is 5.53. The van der Waals surface area contributed by atoms with Crippen LogP contribution in [0.15, 0.2) is 48.5 Å². The van der Waals surface area contributed by atoms with Crippen molar-refractivity contribution < 1.29 is 4.79 Å². The van der Waals surface area contributed by atoms with E-state index in [4.69, 9.17) is 17.4 Å². The number of carbonyl (C=O) groups is 1. The summed E-state index contributed by atoms with van der Waals surface area (Å²) in [4.78, 5) is 11.6. The van der Waals surface area contributed by atoms with Crippen LogP contribution in [0.5, 0.6) is 0 Å².